The van der Waals surface area contributed by atoms with E-state index in [2.05, 4.69) is 13.8 Å². The van der Waals surface area contributed by atoms with Gasteiger partial charge in [0.25, 0.3) is 0 Å². The number of hydrogen-bond donors (Lipinski definition) is 1. The number of carbonyl (C=O) groups is 2. The van der Waals surface area contributed by atoms with Crippen molar-refractivity contribution < 1.29 is 19.1 Å². The number of fused-ring (bicyclic) bond motifs is 5. The summed E-state index contributed by atoms with van der Waals surface area (Å²) in [5.74, 6) is 0.212. The maximum Gasteiger partial charge on any atom is 0.155 e. The Hall–Kier alpha value is -1.03. The molecule has 144 valence electrons. The van der Waals surface area contributed by atoms with Crippen LogP contribution in [0.4, 0.5) is 4.39 Å². The Balaban J connectivity index is 1.83. The molecule has 0 aromatic heterocycles. The summed E-state index contributed by atoms with van der Waals surface area (Å²) in [6, 6.07) is 0. The van der Waals surface area contributed by atoms with Gasteiger partial charge in [0.2, 0.25) is 0 Å². The van der Waals surface area contributed by atoms with Crippen molar-refractivity contribution in [1.82, 2.24) is 0 Å². The molecule has 0 aromatic carbocycles. The summed E-state index contributed by atoms with van der Waals surface area (Å²) in [4.78, 5) is 24.2. The van der Waals surface area contributed by atoms with Crippen molar-refractivity contribution in [3.8, 4) is 0 Å². The molecule has 0 aliphatic heterocycles. The van der Waals surface area contributed by atoms with E-state index >= 15 is 4.39 Å². The van der Waals surface area contributed by atoms with Crippen LogP contribution in [0.2, 0.25) is 0 Å². The highest BCUT2D eigenvalue weighted by Crippen LogP contribution is 2.70. The second kappa shape index (κ2) is 5.50. The number of aliphatic hydroxyl groups is 1. The number of rotatable bonds is 1. The minimum absolute atomic E-state index is 0.0697. The maximum atomic E-state index is 16.9. The summed E-state index contributed by atoms with van der Waals surface area (Å²) in [7, 11) is 0. The van der Waals surface area contributed by atoms with Crippen LogP contribution in [0.1, 0.15) is 66.2 Å². The van der Waals surface area contributed by atoms with Gasteiger partial charge in [0.05, 0.1) is 6.10 Å². The van der Waals surface area contributed by atoms with Gasteiger partial charge in [-0.05, 0) is 62.4 Å². The molecule has 0 heterocycles. The lowest BCUT2D eigenvalue weighted by atomic mass is 9.43. The lowest BCUT2D eigenvalue weighted by molar-refractivity contribution is -0.213. The lowest BCUT2D eigenvalue weighted by Gasteiger charge is -2.64. The summed E-state index contributed by atoms with van der Waals surface area (Å²) in [5, 5.41) is 11.1. The molecule has 4 aliphatic carbocycles. The standard InChI is InChI=1S/C22H31FO3/c1-12-9-18-16-6-5-15(13(2)24)20(16,3)11-19(26)22(18,23)21(4)8-7-14(25)10-17(12)21/h10,12,15-16,18-19,26H,5-9,11H2,1-4H3/t12-,15+,16-,18-,19-,20+,21-,22?/m0/s1. The topological polar surface area (TPSA) is 54.4 Å². The Morgan fingerprint density at radius 1 is 1.27 bits per heavy atom. The maximum absolute atomic E-state index is 16.9. The molecule has 0 bridgehead atoms. The zero-order chi connectivity index (χ0) is 19.1. The minimum Gasteiger partial charge on any atom is -0.390 e. The third-order valence-electron chi connectivity index (χ3n) is 8.85. The van der Waals surface area contributed by atoms with Gasteiger partial charge in [0.15, 0.2) is 5.78 Å². The minimum atomic E-state index is -1.71. The molecule has 0 spiro atoms. The number of alkyl halides is 1. The van der Waals surface area contributed by atoms with Crippen LogP contribution >= 0.6 is 0 Å². The molecule has 0 radical (unpaired) electrons. The number of Topliss-reactive ketones (excluding diaryl/α,β-unsaturated/α-hetero) is 1. The molecule has 3 nitrogen and oxygen atoms in total. The van der Waals surface area contributed by atoms with Gasteiger partial charge in [-0.15, -0.1) is 0 Å². The smallest absolute Gasteiger partial charge is 0.155 e. The molecule has 3 saturated carbocycles. The fraction of sp³-hybridized carbons (Fsp3) is 0.818. The molecule has 1 N–H and O–H groups in total. The molecular weight excluding hydrogens is 331 g/mol. The zero-order valence-electron chi connectivity index (χ0n) is 16.3. The first kappa shape index (κ1) is 18.3. The van der Waals surface area contributed by atoms with Crippen LogP contribution < -0.4 is 0 Å². The molecule has 0 amide bonds. The summed E-state index contributed by atoms with van der Waals surface area (Å²) >= 11 is 0. The second-order valence-electron chi connectivity index (χ2n) is 9.98. The molecule has 4 heteroatoms. The number of ketones is 2. The zero-order valence-corrected chi connectivity index (χ0v) is 16.3. The van der Waals surface area contributed by atoms with E-state index in [1.54, 1.807) is 13.0 Å². The molecule has 3 fully saturated rings. The lowest BCUT2D eigenvalue weighted by Crippen LogP contribution is -2.68. The number of carbonyl (C=O) groups excluding carboxylic acids is 2. The predicted octanol–water partition coefficient (Wildman–Crippen LogP) is 4.03. The van der Waals surface area contributed by atoms with Crippen molar-refractivity contribution in [1.29, 1.82) is 0 Å². The van der Waals surface area contributed by atoms with Gasteiger partial charge in [-0.2, -0.15) is 0 Å². The second-order valence-corrected chi connectivity index (χ2v) is 9.98. The number of allylic oxidation sites excluding steroid dienone is 1. The van der Waals surface area contributed by atoms with Gasteiger partial charge in [-0.3, -0.25) is 9.59 Å². The SMILES string of the molecule is CC(=O)[C@H]1CC[C@H]2[C@@H]3C[C@H](C)C4=CC(=O)CC[C@]4(C)C3(F)[C@@H](O)C[C@]12C. The third kappa shape index (κ3) is 2.03. The van der Waals surface area contributed by atoms with Crippen LogP contribution in [-0.4, -0.2) is 28.4 Å². The van der Waals surface area contributed by atoms with E-state index in [1.807, 2.05) is 6.92 Å². The summed E-state index contributed by atoms with van der Waals surface area (Å²) < 4.78 is 16.9. The van der Waals surface area contributed by atoms with Gasteiger partial charge in [-0.1, -0.05) is 26.3 Å². The highest BCUT2D eigenvalue weighted by molar-refractivity contribution is 5.92. The van der Waals surface area contributed by atoms with Gasteiger partial charge in [0.1, 0.15) is 11.5 Å². The van der Waals surface area contributed by atoms with Crippen LogP contribution in [0.25, 0.3) is 0 Å². The van der Waals surface area contributed by atoms with Gasteiger partial charge < -0.3 is 5.11 Å². The van der Waals surface area contributed by atoms with E-state index in [4.69, 9.17) is 0 Å². The fourth-order valence-corrected chi connectivity index (χ4v) is 7.63. The van der Waals surface area contributed by atoms with Gasteiger partial charge in [-0.25, -0.2) is 4.39 Å². The Morgan fingerprint density at radius 3 is 2.62 bits per heavy atom. The van der Waals surface area contributed by atoms with Crippen molar-refractivity contribution in [2.45, 2.75) is 78.0 Å². The Kier molecular flexibility index (Phi) is 3.88. The average molecular weight is 362 g/mol. The van der Waals surface area contributed by atoms with E-state index in [1.165, 1.54) is 0 Å². The first-order valence-corrected chi connectivity index (χ1v) is 10.2. The quantitative estimate of drug-likeness (QED) is 0.766. The van der Waals surface area contributed by atoms with Crippen LogP contribution in [-0.2, 0) is 9.59 Å². The molecule has 8 atom stereocenters. The van der Waals surface area contributed by atoms with E-state index in [0.29, 0.717) is 25.7 Å². The number of hydrogen-bond acceptors (Lipinski definition) is 3. The number of halogens is 1. The molecule has 4 rings (SSSR count). The normalized spacial score (nSPS) is 53.4. The predicted molar refractivity (Wildman–Crippen MR) is 97.2 cm³/mol. The Labute approximate surface area is 155 Å². The molecule has 26 heavy (non-hydrogen) atoms. The molecule has 4 aliphatic rings. The summed E-state index contributed by atoms with van der Waals surface area (Å²) in [5.41, 5.74) is -1.90. The monoisotopic (exact) mass is 362 g/mol. The van der Waals surface area contributed by atoms with Crippen molar-refractivity contribution >= 4 is 11.6 Å². The average Bonchev–Trinajstić information content (AvgIpc) is 2.89. The highest BCUT2D eigenvalue weighted by Gasteiger charge is 2.71. The van der Waals surface area contributed by atoms with Crippen LogP contribution in [0.15, 0.2) is 11.6 Å². The van der Waals surface area contributed by atoms with Crippen molar-refractivity contribution in [3.63, 3.8) is 0 Å². The van der Waals surface area contributed by atoms with Gasteiger partial charge >= 0.3 is 0 Å². The largest absolute Gasteiger partial charge is 0.390 e. The summed E-state index contributed by atoms with van der Waals surface area (Å²) in [6.07, 6.45) is 4.10. The first-order valence-electron chi connectivity index (χ1n) is 10.2. The van der Waals surface area contributed by atoms with E-state index in [9.17, 15) is 14.7 Å². The molecule has 0 aromatic rings. The van der Waals surface area contributed by atoms with Crippen molar-refractivity contribution in [2.24, 2.45) is 34.5 Å². The van der Waals surface area contributed by atoms with E-state index in [-0.39, 0.29) is 40.7 Å². The van der Waals surface area contributed by atoms with E-state index < -0.39 is 17.2 Å². The van der Waals surface area contributed by atoms with Gasteiger partial charge in [0, 0.05) is 23.7 Å². The van der Waals surface area contributed by atoms with Crippen LogP contribution in [0.3, 0.4) is 0 Å². The molecule has 1 unspecified atom stereocenters. The van der Waals surface area contributed by atoms with E-state index in [0.717, 1.165) is 18.4 Å². The molecule has 0 saturated heterocycles. The third-order valence-corrected chi connectivity index (χ3v) is 8.85. The fourth-order valence-electron chi connectivity index (χ4n) is 7.63. The molecular formula is C22H31FO3. The van der Waals surface area contributed by atoms with Crippen LogP contribution in [0.5, 0.6) is 0 Å². The highest BCUT2D eigenvalue weighted by atomic mass is 19.1. The Bertz CT molecular complexity index is 700. The van der Waals surface area contributed by atoms with Crippen molar-refractivity contribution in [3.05, 3.63) is 11.6 Å². The van der Waals surface area contributed by atoms with Crippen molar-refractivity contribution in [2.75, 3.05) is 0 Å². The number of aliphatic hydroxyl groups excluding tert-OH is 1. The summed E-state index contributed by atoms with van der Waals surface area (Å²) in [6.45, 7) is 7.76. The first-order chi connectivity index (χ1) is 12.1. The Morgan fingerprint density at radius 2 is 1.96 bits per heavy atom. The van der Waals surface area contributed by atoms with Crippen LogP contribution in [0, 0.1) is 34.5 Å².